The highest BCUT2D eigenvalue weighted by atomic mass is 35.5. The van der Waals surface area contributed by atoms with E-state index >= 15 is 0 Å². The molecule has 0 unspecified atom stereocenters. The molecule has 20 heavy (non-hydrogen) atoms. The van der Waals surface area contributed by atoms with E-state index in [-0.39, 0.29) is 10.6 Å². The van der Waals surface area contributed by atoms with Gasteiger partial charge in [-0.2, -0.15) is 0 Å². The van der Waals surface area contributed by atoms with Crippen molar-refractivity contribution in [1.82, 2.24) is 4.98 Å². The predicted octanol–water partition coefficient (Wildman–Crippen LogP) is 4.06. The van der Waals surface area contributed by atoms with Gasteiger partial charge in [0.1, 0.15) is 5.82 Å². The molecule has 0 bridgehead atoms. The zero-order valence-electron chi connectivity index (χ0n) is 11.7. The molecule has 1 heterocycles. The first kappa shape index (κ1) is 15.1. The number of aromatic nitrogens is 1. The summed E-state index contributed by atoms with van der Waals surface area (Å²) in [5.74, 6) is 0.959. The fourth-order valence-corrected chi connectivity index (χ4v) is 3.08. The van der Waals surface area contributed by atoms with E-state index < -0.39 is 5.97 Å². The van der Waals surface area contributed by atoms with Gasteiger partial charge in [0.2, 0.25) is 0 Å². The summed E-state index contributed by atoms with van der Waals surface area (Å²) in [5.41, 5.74) is 0.0962. The second-order valence-corrected chi connectivity index (χ2v) is 5.88. The molecule has 2 rings (SSSR count). The van der Waals surface area contributed by atoms with Crippen molar-refractivity contribution >= 4 is 23.4 Å². The van der Waals surface area contributed by atoms with Crippen LogP contribution in [0, 0.1) is 11.8 Å². The molecule has 0 atom stereocenters. The van der Waals surface area contributed by atoms with E-state index in [0.29, 0.717) is 11.7 Å². The van der Waals surface area contributed by atoms with Crippen LogP contribution in [0.25, 0.3) is 0 Å². The average Bonchev–Trinajstić information content (AvgIpc) is 2.46. The highest BCUT2D eigenvalue weighted by molar-refractivity contribution is 6.35. The Morgan fingerprint density at radius 1 is 1.40 bits per heavy atom. The van der Waals surface area contributed by atoms with E-state index in [1.54, 1.807) is 0 Å². The van der Waals surface area contributed by atoms with Crippen LogP contribution in [0.3, 0.4) is 0 Å². The van der Waals surface area contributed by atoms with Gasteiger partial charge >= 0.3 is 5.97 Å². The molecule has 5 heteroatoms. The molecule has 1 fully saturated rings. The van der Waals surface area contributed by atoms with Crippen molar-refractivity contribution < 1.29 is 9.90 Å². The molecule has 0 saturated heterocycles. The first-order valence-corrected chi connectivity index (χ1v) is 7.61. The van der Waals surface area contributed by atoms with Gasteiger partial charge in [-0.05, 0) is 30.7 Å². The number of carboxylic acids is 1. The average molecular weight is 297 g/mol. The number of hydrogen-bond donors (Lipinski definition) is 2. The minimum Gasteiger partial charge on any atom is -0.478 e. The van der Waals surface area contributed by atoms with Crippen LogP contribution in [0.5, 0.6) is 0 Å². The Morgan fingerprint density at radius 2 is 2.05 bits per heavy atom. The van der Waals surface area contributed by atoms with Crippen LogP contribution < -0.4 is 5.32 Å². The molecule has 1 aromatic rings. The van der Waals surface area contributed by atoms with Crippen LogP contribution >= 0.6 is 11.6 Å². The number of anilines is 1. The van der Waals surface area contributed by atoms with Crippen molar-refractivity contribution in [2.45, 2.75) is 39.0 Å². The summed E-state index contributed by atoms with van der Waals surface area (Å²) >= 11 is 6.06. The largest absolute Gasteiger partial charge is 0.478 e. The normalized spacial score (nSPS) is 22.5. The Balaban J connectivity index is 1.92. The zero-order valence-corrected chi connectivity index (χ0v) is 12.5. The third-order valence-electron chi connectivity index (χ3n) is 4.22. The van der Waals surface area contributed by atoms with E-state index in [9.17, 15) is 4.79 Å². The highest BCUT2D eigenvalue weighted by Gasteiger charge is 2.20. The maximum Gasteiger partial charge on any atom is 0.337 e. The standard InChI is InChI=1S/C15H21ClN2O2/c1-2-10-3-5-11(6-4-10)9-18-14-13(16)12(15(19)20)7-8-17-14/h7-8,10-11H,2-6,9H2,1H3,(H,17,18)(H,19,20). The fourth-order valence-electron chi connectivity index (χ4n) is 2.82. The molecule has 0 amide bonds. The predicted molar refractivity (Wildman–Crippen MR) is 80.4 cm³/mol. The number of carboxylic acid groups (broad SMARTS) is 1. The molecule has 0 aromatic carbocycles. The molecule has 110 valence electrons. The molecule has 1 aliphatic carbocycles. The second kappa shape index (κ2) is 6.93. The minimum atomic E-state index is -1.02. The lowest BCUT2D eigenvalue weighted by molar-refractivity contribution is 0.0697. The quantitative estimate of drug-likeness (QED) is 0.860. The van der Waals surface area contributed by atoms with Crippen molar-refractivity contribution in [1.29, 1.82) is 0 Å². The van der Waals surface area contributed by atoms with E-state index in [4.69, 9.17) is 16.7 Å². The monoisotopic (exact) mass is 296 g/mol. The van der Waals surface area contributed by atoms with Crippen LogP contribution in [0.1, 0.15) is 49.4 Å². The van der Waals surface area contributed by atoms with Gasteiger partial charge in [0.25, 0.3) is 0 Å². The first-order valence-electron chi connectivity index (χ1n) is 7.23. The Bertz CT molecular complexity index is 471. The third-order valence-corrected chi connectivity index (χ3v) is 4.60. The molecule has 4 nitrogen and oxygen atoms in total. The van der Waals surface area contributed by atoms with Crippen LogP contribution in [-0.2, 0) is 0 Å². The number of rotatable bonds is 5. The van der Waals surface area contributed by atoms with E-state index in [1.807, 2.05) is 0 Å². The fraction of sp³-hybridized carbons (Fsp3) is 0.600. The number of aromatic carboxylic acids is 1. The number of halogens is 1. The van der Waals surface area contributed by atoms with Gasteiger partial charge in [-0.1, -0.05) is 37.8 Å². The molecular formula is C15H21ClN2O2. The van der Waals surface area contributed by atoms with Gasteiger partial charge in [-0.15, -0.1) is 0 Å². The topological polar surface area (TPSA) is 62.2 Å². The molecule has 0 spiro atoms. The van der Waals surface area contributed by atoms with E-state index in [0.717, 1.165) is 12.5 Å². The van der Waals surface area contributed by atoms with Gasteiger partial charge in [0.15, 0.2) is 0 Å². The van der Waals surface area contributed by atoms with Crippen molar-refractivity contribution in [3.63, 3.8) is 0 Å². The highest BCUT2D eigenvalue weighted by Crippen LogP contribution is 2.31. The van der Waals surface area contributed by atoms with Crippen molar-refractivity contribution in [2.75, 3.05) is 11.9 Å². The lowest BCUT2D eigenvalue weighted by Crippen LogP contribution is -2.21. The summed E-state index contributed by atoms with van der Waals surface area (Å²) in [7, 11) is 0. The van der Waals surface area contributed by atoms with Gasteiger partial charge in [-0.25, -0.2) is 9.78 Å². The summed E-state index contributed by atoms with van der Waals surface area (Å²) in [6.07, 6.45) is 7.78. The van der Waals surface area contributed by atoms with Crippen LogP contribution in [-0.4, -0.2) is 22.6 Å². The van der Waals surface area contributed by atoms with Crippen molar-refractivity contribution in [3.05, 3.63) is 22.8 Å². The van der Waals surface area contributed by atoms with E-state index in [1.165, 1.54) is 44.4 Å². The van der Waals surface area contributed by atoms with E-state index in [2.05, 4.69) is 17.2 Å². The Hall–Kier alpha value is -1.29. The summed E-state index contributed by atoms with van der Waals surface area (Å²) in [4.78, 5) is 15.1. The lowest BCUT2D eigenvalue weighted by Gasteiger charge is -2.28. The molecule has 1 aromatic heterocycles. The molecule has 0 radical (unpaired) electrons. The zero-order chi connectivity index (χ0) is 14.5. The second-order valence-electron chi connectivity index (χ2n) is 5.50. The van der Waals surface area contributed by atoms with Crippen LogP contribution in [0.2, 0.25) is 5.02 Å². The number of nitrogens with one attached hydrogen (secondary N) is 1. The lowest BCUT2D eigenvalue weighted by atomic mass is 9.81. The maximum atomic E-state index is 11.0. The molecule has 1 saturated carbocycles. The maximum absolute atomic E-state index is 11.0. The number of hydrogen-bond acceptors (Lipinski definition) is 3. The van der Waals surface area contributed by atoms with Crippen LogP contribution in [0.15, 0.2) is 12.3 Å². The molecule has 2 N–H and O–H groups in total. The number of pyridine rings is 1. The smallest absolute Gasteiger partial charge is 0.337 e. The Labute approximate surface area is 124 Å². The molecule has 0 aliphatic heterocycles. The van der Waals surface area contributed by atoms with Gasteiger partial charge in [-0.3, -0.25) is 0 Å². The summed E-state index contributed by atoms with van der Waals surface area (Å²) in [6.45, 7) is 3.07. The number of carbonyl (C=O) groups is 1. The summed E-state index contributed by atoms with van der Waals surface area (Å²) < 4.78 is 0. The number of nitrogens with zero attached hydrogens (tertiary/aromatic N) is 1. The Kier molecular flexibility index (Phi) is 5.24. The van der Waals surface area contributed by atoms with Gasteiger partial charge in [0, 0.05) is 12.7 Å². The minimum absolute atomic E-state index is 0.0962. The van der Waals surface area contributed by atoms with Gasteiger partial charge < -0.3 is 10.4 Å². The summed E-state index contributed by atoms with van der Waals surface area (Å²) in [6, 6.07) is 1.42. The van der Waals surface area contributed by atoms with Gasteiger partial charge in [0.05, 0.1) is 10.6 Å². The summed E-state index contributed by atoms with van der Waals surface area (Å²) in [5, 5.41) is 12.4. The van der Waals surface area contributed by atoms with Crippen molar-refractivity contribution in [3.8, 4) is 0 Å². The Morgan fingerprint density at radius 3 is 2.65 bits per heavy atom. The molecule has 1 aliphatic rings. The van der Waals surface area contributed by atoms with Crippen molar-refractivity contribution in [2.24, 2.45) is 11.8 Å². The SMILES string of the molecule is CCC1CCC(CNc2nccc(C(=O)O)c2Cl)CC1. The molecular weight excluding hydrogens is 276 g/mol. The first-order chi connectivity index (χ1) is 9.61. The third kappa shape index (κ3) is 3.63. The van der Waals surface area contributed by atoms with Crippen LogP contribution in [0.4, 0.5) is 5.82 Å².